The minimum Gasteiger partial charge on any atom is -0.381 e. The smallest absolute Gasteiger partial charge is 0.166 e. The van der Waals surface area contributed by atoms with Crippen LogP contribution in [-0.4, -0.2) is 31.7 Å². The van der Waals surface area contributed by atoms with E-state index in [9.17, 15) is 4.79 Å². The van der Waals surface area contributed by atoms with E-state index in [-0.39, 0.29) is 17.8 Å². The summed E-state index contributed by atoms with van der Waals surface area (Å²) < 4.78 is 10.7. The number of carbonyl (C=O) groups excluding carboxylic acids is 1. The van der Waals surface area contributed by atoms with Crippen molar-refractivity contribution >= 4 is 5.78 Å². The molecule has 2 unspecified atom stereocenters. The zero-order valence-electron chi connectivity index (χ0n) is 9.12. The molecule has 14 heavy (non-hydrogen) atoms. The lowest BCUT2D eigenvalue weighted by Gasteiger charge is -2.17. The SMILES string of the molecule is CCCC(OCC)C(=O)C1CCOC1. The number of carbonyl (C=O) groups is 1. The first-order valence-electron chi connectivity index (χ1n) is 5.52. The average molecular weight is 200 g/mol. The van der Waals surface area contributed by atoms with Crippen molar-refractivity contribution < 1.29 is 14.3 Å². The van der Waals surface area contributed by atoms with Gasteiger partial charge in [0.2, 0.25) is 0 Å². The molecule has 0 saturated carbocycles. The summed E-state index contributed by atoms with van der Waals surface area (Å²) in [6.45, 7) is 5.93. The molecule has 0 aromatic rings. The predicted molar refractivity (Wildman–Crippen MR) is 54.3 cm³/mol. The molecule has 0 aromatic carbocycles. The molecule has 1 fully saturated rings. The van der Waals surface area contributed by atoms with E-state index in [0.29, 0.717) is 13.2 Å². The summed E-state index contributed by atoms with van der Waals surface area (Å²) >= 11 is 0. The molecule has 0 aromatic heterocycles. The van der Waals surface area contributed by atoms with Crippen LogP contribution in [0, 0.1) is 5.92 Å². The molecule has 1 saturated heterocycles. The lowest BCUT2D eigenvalue weighted by atomic mass is 9.96. The molecule has 2 atom stereocenters. The number of hydrogen-bond acceptors (Lipinski definition) is 3. The second kappa shape index (κ2) is 6.14. The summed E-state index contributed by atoms with van der Waals surface area (Å²) in [5.74, 6) is 0.323. The molecule has 0 aliphatic carbocycles. The van der Waals surface area contributed by atoms with E-state index < -0.39 is 0 Å². The fourth-order valence-corrected chi connectivity index (χ4v) is 1.79. The Kier molecular flexibility index (Phi) is 5.12. The maximum absolute atomic E-state index is 11.9. The molecule has 0 bridgehead atoms. The fourth-order valence-electron chi connectivity index (χ4n) is 1.79. The molecule has 0 radical (unpaired) electrons. The van der Waals surface area contributed by atoms with E-state index in [1.165, 1.54) is 0 Å². The Morgan fingerprint density at radius 3 is 2.86 bits per heavy atom. The van der Waals surface area contributed by atoms with Gasteiger partial charge in [0.15, 0.2) is 5.78 Å². The Balaban J connectivity index is 2.43. The second-order valence-electron chi connectivity index (χ2n) is 3.70. The van der Waals surface area contributed by atoms with Gasteiger partial charge in [-0.05, 0) is 19.8 Å². The Bertz CT molecular complexity index is 167. The van der Waals surface area contributed by atoms with Gasteiger partial charge in [0, 0.05) is 19.1 Å². The second-order valence-corrected chi connectivity index (χ2v) is 3.70. The van der Waals surface area contributed by atoms with Gasteiger partial charge in [-0.25, -0.2) is 0 Å². The molecule has 82 valence electrons. The van der Waals surface area contributed by atoms with E-state index in [0.717, 1.165) is 25.9 Å². The Hall–Kier alpha value is -0.410. The molecule has 1 rings (SSSR count). The number of rotatable bonds is 6. The normalized spacial score (nSPS) is 23.7. The van der Waals surface area contributed by atoms with Gasteiger partial charge in [0.1, 0.15) is 6.10 Å². The largest absolute Gasteiger partial charge is 0.381 e. The van der Waals surface area contributed by atoms with Crippen LogP contribution in [0.4, 0.5) is 0 Å². The lowest BCUT2D eigenvalue weighted by molar-refractivity contribution is -0.134. The van der Waals surface area contributed by atoms with Gasteiger partial charge in [-0.15, -0.1) is 0 Å². The van der Waals surface area contributed by atoms with E-state index >= 15 is 0 Å². The van der Waals surface area contributed by atoms with Gasteiger partial charge in [0.25, 0.3) is 0 Å². The summed E-state index contributed by atoms with van der Waals surface area (Å²) in [4.78, 5) is 11.9. The van der Waals surface area contributed by atoms with Crippen LogP contribution in [0.5, 0.6) is 0 Å². The Morgan fingerprint density at radius 1 is 1.57 bits per heavy atom. The van der Waals surface area contributed by atoms with Crippen molar-refractivity contribution in [3.8, 4) is 0 Å². The predicted octanol–water partition coefficient (Wildman–Crippen LogP) is 1.80. The summed E-state index contributed by atoms with van der Waals surface area (Å²) in [7, 11) is 0. The summed E-state index contributed by atoms with van der Waals surface area (Å²) in [6.07, 6.45) is 2.50. The molecule has 0 amide bonds. The van der Waals surface area contributed by atoms with Gasteiger partial charge < -0.3 is 9.47 Å². The van der Waals surface area contributed by atoms with Crippen molar-refractivity contribution in [2.45, 2.75) is 39.2 Å². The van der Waals surface area contributed by atoms with Crippen molar-refractivity contribution in [3.63, 3.8) is 0 Å². The number of ether oxygens (including phenoxy) is 2. The third kappa shape index (κ3) is 3.07. The number of hydrogen-bond donors (Lipinski definition) is 0. The molecule has 1 heterocycles. The van der Waals surface area contributed by atoms with Crippen LogP contribution in [0.1, 0.15) is 33.1 Å². The molecule has 3 nitrogen and oxygen atoms in total. The van der Waals surface area contributed by atoms with Gasteiger partial charge in [-0.3, -0.25) is 4.79 Å². The zero-order chi connectivity index (χ0) is 10.4. The van der Waals surface area contributed by atoms with E-state index in [4.69, 9.17) is 9.47 Å². The lowest BCUT2D eigenvalue weighted by Crippen LogP contribution is -2.31. The Labute approximate surface area is 85.8 Å². The topological polar surface area (TPSA) is 35.5 Å². The van der Waals surface area contributed by atoms with E-state index in [1.807, 2.05) is 6.92 Å². The van der Waals surface area contributed by atoms with Gasteiger partial charge in [0.05, 0.1) is 6.61 Å². The van der Waals surface area contributed by atoms with E-state index in [1.54, 1.807) is 0 Å². The highest BCUT2D eigenvalue weighted by molar-refractivity contribution is 5.85. The average Bonchev–Trinajstić information content (AvgIpc) is 2.69. The van der Waals surface area contributed by atoms with Crippen LogP contribution in [0.3, 0.4) is 0 Å². The molecule has 1 aliphatic rings. The quantitative estimate of drug-likeness (QED) is 0.656. The first kappa shape index (κ1) is 11.7. The van der Waals surface area contributed by atoms with Crippen LogP contribution < -0.4 is 0 Å². The third-order valence-corrected chi connectivity index (χ3v) is 2.57. The van der Waals surface area contributed by atoms with Crippen LogP contribution in [0.25, 0.3) is 0 Å². The van der Waals surface area contributed by atoms with Crippen molar-refractivity contribution in [2.75, 3.05) is 19.8 Å². The standard InChI is InChI=1S/C11H20O3/c1-3-5-10(14-4-2)11(12)9-6-7-13-8-9/h9-10H,3-8H2,1-2H3. The van der Waals surface area contributed by atoms with Gasteiger partial charge >= 0.3 is 0 Å². The highest BCUT2D eigenvalue weighted by Gasteiger charge is 2.29. The third-order valence-electron chi connectivity index (χ3n) is 2.57. The Morgan fingerprint density at radius 2 is 2.36 bits per heavy atom. The first-order chi connectivity index (χ1) is 6.79. The minimum atomic E-state index is -0.198. The molecular weight excluding hydrogens is 180 g/mol. The fraction of sp³-hybridized carbons (Fsp3) is 0.909. The number of Topliss-reactive ketones (excluding diaryl/α,β-unsaturated/α-hetero) is 1. The summed E-state index contributed by atoms with van der Waals surface area (Å²) in [6, 6.07) is 0. The van der Waals surface area contributed by atoms with Crippen molar-refractivity contribution in [3.05, 3.63) is 0 Å². The molecule has 0 N–H and O–H groups in total. The van der Waals surface area contributed by atoms with Crippen LogP contribution in [0.2, 0.25) is 0 Å². The van der Waals surface area contributed by atoms with Crippen molar-refractivity contribution in [2.24, 2.45) is 5.92 Å². The van der Waals surface area contributed by atoms with E-state index in [2.05, 4.69) is 6.92 Å². The monoisotopic (exact) mass is 200 g/mol. The van der Waals surface area contributed by atoms with Crippen LogP contribution in [-0.2, 0) is 14.3 Å². The highest BCUT2D eigenvalue weighted by atomic mass is 16.5. The maximum atomic E-state index is 11.9. The molecule has 0 spiro atoms. The molecular formula is C11H20O3. The summed E-state index contributed by atoms with van der Waals surface area (Å²) in [5.41, 5.74) is 0. The molecule has 3 heteroatoms. The van der Waals surface area contributed by atoms with Gasteiger partial charge in [-0.1, -0.05) is 13.3 Å². The first-order valence-corrected chi connectivity index (χ1v) is 5.52. The number of ketones is 1. The van der Waals surface area contributed by atoms with Gasteiger partial charge in [-0.2, -0.15) is 0 Å². The van der Waals surface area contributed by atoms with Crippen LogP contribution in [0.15, 0.2) is 0 Å². The highest BCUT2D eigenvalue weighted by Crippen LogP contribution is 2.18. The maximum Gasteiger partial charge on any atom is 0.166 e. The minimum absolute atomic E-state index is 0.0816. The van der Waals surface area contributed by atoms with Crippen molar-refractivity contribution in [1.82, 2.24) is 0 Å². The van der Waals surface area contributed by atoms with Crippen LogP contribution >= 0.6 is 0 Å². The summed E-state index contributed by atoms with van der Waals surface area (Å²) in [5, 5.41) is 0. The zero-order valence-corrected chi connectivity index (χ0v) is 9.12. The van der Waals surface area contributed by atoms with Crippen molar-refractivity contribution in [1.29, 1.82) is 0 Å². The molecule has 1 aliphatic heterocycles.